The van der Waals surface area contributed by atoms with Crippen LogP contribution in [0.5, 0.6) is 0 Å². The van der Waals surface area contributed by atoms with Gasteiger partial charge in [0.05, 0.1) is 6.20 Å². The number of hydrogen-bond acceptors (Lipinski definition) is 3. The van der Waals surface area contributed by atoms with Crippen molar-refractivity contribution in [3.63, 3.8) is 0 Å². The van der Waals surface area contributed by atoms with Crippen LogP contribution in [0.25, 0.3) is 16.9 Å². The Kier molecular flexibility index (Phi) is 4.36. The van der Waals surface area contributed by atoms with Gasteiger partial charge in [-0.3, -0.25) is 9.38 Å². The molecule has 0 radical (unpaired) electrons. The average Bonchev–Trinajstić information content (AvgIpc) is 3.03. The highest BCUT2D eigenvalue weighted by molar-refractivity contribution is 5.81. The predicted octanol–water partition coefficient (Wildman–Crippen LogP) is 5.46. The number of halogens is 1. The molecule has 4 nitrogen and oxygen atoms in total. The van der Waals surface area contributed by atoms with E-state index in [2.05, 4.69) is 53.7 Å². The van der Waals surface area contributed by atoms with Gasteiger partial charge >= 0.3 is 0 Å². The molecule has 0 aliphatic rings. The van der Waals surface area contributed by atoms with Gasteiger partial charge in [-0.1, -0.05) is 31.2 Å². The van der Waals surface area contributed by atoms with Gasteiger partial charge in [-0.2, -0.15) is 0 Å². The molecule has 0 aliphatic carbocycles. The Morgan fingerprint density at radius 2 is 1.78 bits per heavy atom. The quantitative estimate of drug-likeness (QED) is 0.525. The Hall–Kier alpha value is -3.21. The molecule has 5 heteroatoms. The maximum absolute atomic E-state index is 14.5. The number of rotatable bonds is 4. The van der Waals surface area contributed by atoms with Crippen molar-refractivity contribution in [2.24, 2.45) is 0 Å². The minimum atomic E-state index is -0.386. The van der Waals surface area contributed by atoms with Crippen LogP contribution in [0.3, 0.4) is 0 Å². The molecule has 136 valence electrons. The summed E-state index contributed by atoms with van der Waals surface area (Å²) in [6, 6.07) is 13.8. The molecule has 0 spiro atoms. The number of hydrogen-bond donors (Lipinski definition) is 1. The standard InChI is InChI=1S/C22H21FN4/c1-4-16-9-6-10-19-25-21(17-11-12-24-13-18(17)23)22(27(16)19)26-20-14(2)7-5-8-15(20)3/h5-13,26H,4H2,1-3H3. The highest BCUT2D eigenvalue weighted by Crippen LogP contribution is 2.35. The summed E-state index contributed by atoms with van der Waals surface area (Å²) >= 11 is 0. The number of anilines is 2. The molecule has 3 heterocycles. The van der Waals surface area contributed by atoms with Gasteiger partial charge in [-0.05, 0) is 49.6 Å². The van der Waals surface area contributed by atoms with Crippen LogP contribution in [-0.4, -0.2) is 14.4 Å². The van der Waals surface area contributed by atoms with Crippen LogP contribution in [0.1, 0.15) is 23.7 Å². The molecule has 0 aliphatic heterocycles. The smallest absolute Gasteiger partial charge is 0.151 e. The van der Waals surface area contributed by atoms with Crippen LogP contribution >= 0.6 is 0 Å². The van der Waals surface area contributed by atoms with Gasteiger partial charge in [0.25, 0.3) is 0 Å². The highest BCUT2D eigenvalue weighted by Gasteiger charge is 2.19. The van der Waals surface area contributed by atoms with E-state index >= 15 is 0 Å². The normalized spacial score (nSPS) is 11.1. The van der Waals surface area contributed by atoms with Crippen LogP contribution < -0.4 is 5.32 Å². The maximum Gasteiger partial charge on any atom is 0.151 e. The third-order valence-corrected chi connectivity index (χ3v) is 4.84. The van der Waals surface area contributed by atoms with E-state index in [1.807, 2.05) is 18.2 Å². The minimum Gasteiger partial charge on any atom is -0.339 e. The molecular formula is C22H21FN4. The summed E-state index contributed by atoms with van der Waals surface area (Å²) in [7, 11) is 0. The summed E-state index contributed by atoms with van der Waals surface area (Å²) in [5.41, 5.74) is 6.17. The molecule has 4 aromatic rings. The first kappa shape index (κ1) is 17.2. The number of aromatic nitrogens is 3. The summed E-state index contributed by atoms with van der Waals surface area (Å²) in [6.07, 6.45) is 3.65. The van der Waals surface area contributed by atoms with Crippen molar-refractivity contribution < 1.29 is 4.39 Å². The lowest BCUT2D eigenvalue weighted by atomic mass is 10.1. The van der Waals surface area contributed by atoms with E-state index < -0.39 is 0 Å². The van der Waals surface area contributed by atoms with Crippen molar-refractivity contribution >= 4 is 17.2 Å². The number of benzene rings is 1. The van der Waals surface area contributed by atoms with Gasteiger partial charge in [-0.15, -0.1) is 0 Å². The molecule has 0 fully saturated rings. The zero-order valence-corrected chi connectivity index (χ0v) is 15.6. The first-order valence-corrected chi connectivity index (χ1v) is 9.03. The van der Waals surface area contributed by atoms with Crippen LogP contribution in [-0.2, 0) is 6.42 Å². The molecule has 0 saturated carbocycles. The van der Waals surface area contributed by atoms with Gasteiger partial charge in [-0.25, -0.2) is 9.37 Å². The Morgan fingerprint density at radius 3 is 2.48 bits per heavy atom. The average molecular weight is 360 g/mol. The van der Waals surface area contributed by atoms with Gasteiger partial charge in [0.2, 0.25) is 0 Å². The van der Waals surface area contributed by atoms with Crippen molar-refractivity contribution in [2.75, 3.05) is 5.32 Å². The van der Waals surface area contributed by atoms with Crippen molar-refractivity contribution in [1.82, 2.24) is 14.4 Å². The summed E-state index contributed by atoms with van der Waals surface area (Å²) in [5.74, 6) is 0.383. The van der Waals surface area contributed by atoms with E-state index in [0.717, 1.165) is 40.4 Å². The number of fused-ring (bicyclic) bond motifs is 1. The fourth-order valence-corrected chi connectivity index (χ4v) is 3.44. The highest BCUT2D eigenvalue weighted by atomic mass is 19.1. The fraction of sp³-hybridized carbons (Fsp3) is 0.182. The largest absolute Gasteiger partial charge is 0.339 e. The van der Waals surface area contributed by atoms with Crippen molar-refractivity contribution in [1.29, 1.82) is 0 Å². The lowest BCUT2D eigenvalue weighted by Crippen LogP contribution is -2.04. The lowest BCUT2D eigenvalue weighted by Gasteiger charge is -2.15. The lowest BCUT2D eigenvalue weighted by molar-refractivity contribution is 0.624. The van der Waals surface area contributed by atoms with Crippen molar-refractivity contribution in [3.05, 3.63) is 77.5 Å². The summed E-state index contributed by atoms with van der Waals surface area (Å²) in [4.78, 5) is 8.61. The van der Waals surface area contributed by atoms with Gasteiger partial charge in [0.15, 0.2) is 5.82 Å². The molecule has 1 aromatic carbocycles. The molecule has 0 amide bonds. The molecule has 0 unspecified atom stereocenters. The number of nitrogens with one attached hydrogen (secondary N) is 1. The van der Waals surface area contributed by atoms with E-state index in [1.54, 1.807) is 12.3 Å². The summed E-state index contributed by atoms with van der Waals surface area (Å²) in [6.45, 7) is 6.22. The molecule has 3 aromatic heterocycles. The van der Waals surface area contributed by atoms with Gasteiger partial charge in [0.1, 0.15) is 17.2 Å². The first-order valence-electron chi connectivity index (χ1n) is 9.03. The van der Waals surface area contributed by atoms with Crippen molar-refractivity contribution in [3.8, 4) is 11.3 Å². The second kappa shape index (κ2) is 6.83. The molecular weight excluding hydrogens is 339 g/mol. The topological polar surface area (TPSA) is 42.2 Å². The van der Waals surface area contributed by atoms with Gasteiger partial charge < -0.3 is 5.32 Å². The Labute approximate surface area is 157 Å². The molecule has 0 atom stereocenters. The predicted molar refractivity (Wildman–Crippen MR) is 107 cm³/mol. The molecule has 0 saturated heterocycles. The molecule has 0 bridgehead atoms. The van der Waals surface area contributed by atoms with E-state index in [9.17, 15) is 4.39 Å². The Balaban J connectivity index is 2.02. The first-order chi connectivity index (χ1) is 13.1. The second-order valence-electron chi connectivity index (χ2n) is 6.62. The molecule has 27 heavy (non-hydrogen) atoms. The van der Waals surface area contributed by atoms with Crippen LogP contribution in [0.15, 0.2) is 54.9 Å². The van der Waals surface area contributed by atoms with E-state index in [4.69, 9.17) is 4.98 Å². The van der Waals surface area contributed by atoms with E-state index in [0.29, 0.717) is 11.3 Å². The zero-order valence-electron chi connectivity index (χ0n) is 15.6. The summed E-state index contributed by atoms with van der Waals surface area (Å²) < 4.78 is 16.6. The number of nitrogens with zero attached hydrogens (tertiary/aromatic N) is 3. The van der Waals surface area contributed by atoms with Gasteiger partial charge in [0, 0.05) is 23.1 Å². The minimum absolute atomic E-state index is 0.386. The number of para-hydroxylation sites is 1. The third kappa shape index (κ3) is 2.95. The second-order valence-corrected chi connectivity index (χ2v) is 6.62. The SMILES string of the molecule is CCc1cccc2nc(-c3ccncc3F)c(Nc3c(C)cccc3C)n12. The van der Waals surface area contributed by atoms with Crippen molar-refractivity contribution in [2.45, 2.75) is 27.2 Å². The van der Waals surface area contributed by atoms with E-state index in [-0.39, 0.29) is 5.82 Å². The van der Waals surface area contributed by atoms with Crippen LogP contribution in [0.4, 0.5) is 15.9 Å². The maximum atomic E-state index is 14.5. The summed E-state index contributed by atoms with van der Waals surface area (Å²) in [5, 5.41) is 3.55. The Bertz CT molecular complexity index is 1110. The number of pyridine rings is 2. The molecule has 1 N–H and O–H groups in total. The number of aryl methyl sites for hydroxylation is 3. The molecule has 4 rings (SSSR count). The van der Waals surface area contributed by atoms with E-state index in [1.165, 1.54) is 6.20 Å². The monoisotopic (exact) mass is 360 g/mol. The Morgan fingerprint density at radius 1 is 1.04 bits per heavy atom. The number of imidazole rings is 1. The fourth-order valence-electron chi connectivity index (χ4n) is 3.44. The zero-order chi connectivity index (χ0) is 19.0. The van der Waals surface area contributed by atoms with Crippen LogP contribution in [0, 0.1) is 19.7 Å². The van der Waals surface area contributed by atoms with Crippen LogP contribution in [0.2, 0.25) is 0 Å². The third-order valence-electron chi connectivity index (χ3n) is 4.84.